The molecule has 0 saturated heterocycles. The molecular weight excluding hydrogens is 377 g/mol. The second-order valence-corrected chi connectivity index (χ2v) is 7.58. The molecule has 2 aromatic heterocycles. The molecular formula is C21H24FN3O2S. The first kappa shape index (κ1) is 20.1. The van der Waals surface area contributed by atoms with Crippen molar-refractivity contribution in [3.63, 3.8) is 0 Å². The number of halogens is 1. The summed E-state index contributed by atoms with van der Waals surface area (Å²) in [6.45, 7) is 7.58. The Bertz CT molecular complexity index is 980. The number of benzene rings is 1. The van der Waals surface area contributed by atoms with Crippen LogP contribution < -0.4 is 4.74 Å². The number of ether oxygens (including phenoxy) is 1. The summed E-state index contributed by atoms with van der Waals surface area (Å²) in [5, 5.41) is 6.38. The standard InChI is InChI=1S/C21H24FN3O2S/c1-5-25-15(3)17(14(2)23-25)11-24(4)21(26)20-10-16(13-28-20)12-27-19-9-7-6-8-18(19)22/h6-10,13H,5,11-12H2,1-4H3. The molecule has 3 rings (SSSR count). The van der Waals surface area contributed by atoms with E-state index in [4.69, 9.17) is 4.74 Å². The molecule has 0 fully saturated rings. The van der Waals surface area contributed by atoms with Crippen molar-refractivity contribution in [1.29, 1.82) is 0 Å². The van der Waals surface area contributed by atoms with Gasteiger partial charge in [-0.25, -0.2) is 4.39 Å². The van der Waals surface area contributed by atoms with E-state index in [2.05, 4.69) is 12.0 Å². The van der Waals surface area contributed by atoms with Crippen molar-refractivity contribution < 1.29 is 13.9 Å². The molecule has 28 heavy (non-hydrogen) atoms. The van der Waals surface area contributed by atoms with Gasteiger partial charge in [0.15, 0.2) is 11.6 Å². The summed E-state index contributed by atoms with van der Waals surface area (Å²) in [7, 11) is 1.79. The maximum Gasteiger partial charge on any atom is 0.263 e. The first-order chi connectivity index (χ1) is 13.4. The smallest absolute Gasteiger partial charge is 0.263 e. The van der Waals surface area contributed by atoms with E-state index in [0.29, 0.717) is 11.4 Å². The van der Waals surface area contributed by atoms with Crippen LogP contribution >= 0.6 is 11.3 Å². The molecule has 3 aromatic rings. The summed E-state index contributed by atoms with van der Waals surface area (Å²) in [6, 6.07) is 8.09. The SMILES string of the molecule is CCn1nc(C)c(CN(C)C(=O)c2cc(COc3ccccc3F)cs2)c1C. The molecule has 0 bridgehead atoms. The van der Waals surface area contributed by atoms with Crippen molar-refractivity contribution in [2.45, 2.75) is 40.5 Å². The number of para-hydroxylation sites is 1. The van der Waals surface area contributed by atoms with Gasteiger partial charge < -0.3 is 9.64 Å². The molecule has 0 aliphatic rings. The van der Waals surface area contributed by atoms with Crippen LogP contribution in [0.15, 0.2) is 35.7 Å². The van der Waals surface area contributed by atoms with E-state index in [-0.39, 0.29) is 18.3 Å². The van der Waals surface area contributed by atoms with Crippen LogP contribution in [0.5, 0.6) is 5.75 Å². The van der Waals surface area contributed by atoms with Gasteiger partial charge in [-0.05, 0) is 44.4 Å². The highest BCUT2D eigenvalue weighted by molar-refractivity contribution is 7.12. The highest BCUT2D eigenvalue weighted by atomic mass is 32.1. The third kappa shape index (κ3) is 4.25. The van der Waals surface area contributed by atoms with Crippen molar-refractivity contribution in [2.75, 3.05) is 7.05 Å². The molecule has 7 heteroatoms. The summed E-state index contributed by atoms with van der Waals surface area (Å²) >= 11 is 1.37. The fourth-order valence-corrected chi connectivity index (χ4v) is 3.94. The fraction of sp³-hybridized carbons (Fsp3) is 0.333. The van der Waals surface area contributed by atoms with Gasteiger partial charge in [-0.2, -0.15) is 5.10 Å². The Hall–Kier alpha value is -2.67. The zero-order chi connectivity index (χ0) is 20.3. The zero-order valence-electron chi connectivity index (χ0n) is 16.5. The highest BCUT2D eigenvalue weighted by Gasteiger charge is 2.19. The first-order valence-electron chi connectivity index (χ1n) is 9.13. The van der Waals surface area contributed by atoms with E-state index < -0.39 is 5.82 Å². The number of hydrogen-bond acceptors (Lipinski definition) is 4. The predicted molar refractivity (Wildman–Crippen MR) is 108 cm³/mol. The molecule has 1 amide bonds. The Morgan fingerprint density at radius 2 is 2.07 bits per heavy atom. The lowest BCUT2D eigenvalue weighted by Crippen LogP contribution is -2.26. The molecule has 0 radical (unpaired) electrons. The lowest BCUT2D eigenvalue weighted by atomic mass is 10.2. The van der Waals surface area contributed by atoms with Crippen molar-refractivity contribution >= 4 is 17.2 Å². The maximum atomic E-state index is 13.6. The largest absolute Gasteiger partial charge is 0.486 e. The molecule has 0 unspecified atom stereocenters. The van der Waals surface area contributed by atoms with Crippen LogP contribution in [0, 0.1) is 19.7 Å². The van der Waals surface area contributed by atoms with E-state index in [0.717, 1.165) is 29.1 Å². The van der Waals surface area contributed by atoms with Gasteiger partial charge in [0, 0.05) is 37.0 Å². The molecule has 0 saturated carbocycles. The quantitative estimate of drug-likeness (QED) is 0.583. The molecule has 0 N–H and O–H groups in total. The number of aryl methyl sites for hydroxylation is 2. The van der Waals surface area contributed by atoms with Crippen LogP contribution in [0.4, 0.5) is 4.39 Å². The first-order valence-corrected chi connectivity index (χ1v) is 10.0. The number of rotatable bonds is 7. The Morgan fingerprint density at radius 3 is 2.75 bits per heavy atom. The monoisotopic (exact) mass is 401 g/mol. The van der Waals surface area contributed by atoms with Crippen LogP contribution in [0.3, 0.4) is 0 Å². The molecule has 0 aliphatic carbocycles. The zero-order valence-corrected chi connectivity index (χ0v) is 17.3. The second kappa shape index (κ2) is 8.56. The van der Waals surface area contributed by atoms with Crippen LogP contribution in [-0.4, -0.2) is 27.6 Å². The Labute approximate surface area is 168 Å². The van der Waals surface area contributed by atoms with Gasteiger partial charge in [0.2, 0.25) is 0 Å². The summed E-state index contributed by atoms with van der Waals surface area (Å²) < 4.78 is 21.1. The predicted octanol–water partition coefficient (Wildman–Crippen LogP) is 4.57. The molecule has 0 spiro atoms. The third-order valence-electron chi connectivity index (χ3n) is 4.67. The van der Waals surface area contributed by atoms with E-state index >= 15 is 0 Å². The molecule has 0 aliphatic heterocycles. The number of carbonyl (C=O) groups excluding carboxylic acids is 1. The normalized spacial score (nSPS) is 10.9. The minimum atomic E-state index is -0.396. The highest BCUT2D eigenvalue weighted by Crippen LogP contribution is 2.22. The number of amides is 1. The van der Waals surface area contributed by atoms with E-state index in [1.807, 2.05) is 23.9 Å². The van der Waals surface area contributed by atoms with Crippen LogP contribution in [-0.2, 0) is 19.7 Å². The average molecular weight is 402 g/mol. The number of carbonyl (C=O) groups is 1. The van der Waals surface area contributed by atoms with Crippen molar-refractivity contribution in [3.8, 4) is 5.75 Å². The summed E-state index contributed by atoms with van der Waals surface area (Å²) in [5.41, 5.74) is 3.96. The third-order valence-corrected chi connectivity index (χ3v) is 5.64. The lowest BCUT2D eigenvalue weighted by molar-refractivity contribution is 0.0789. The van der Waals surface area contributed by atoms with Gasteiger partial charge in [-0.1, -0.05) is 12.1 Å². The van der Waals surface area contributed by atoms with Gasteiger partial charge in [0.1, 0.15) is 6.61 Å². The topological polar surface area (TPSA) is 47.4 Å². The molecule has 2 heterocycles. The average Bonchev–Trinajstić information content (AvgIpc) is 3.26. The Balaban J connectivity index is 1.65. The number of thiophene rings is 1. The van der Waals surface area contributed by atoms with E-state index in [1.165, 1.54) is 17.4 Å². The summed E-state index contributed by atoms with van der Waals surface area (Å²) in [5.74, 6) is -0.241. The van der Waals surface area contributed by atoms with Crippen LogP contribution in [0.2, 0.25) is 0 Å². The van der Waals surface area contributed by atoms with Crippen LogP contribution in [0.1, 0.15) is 39.1 Å². The van der Waals surface area contributed by atoms with Gasteiger partial charge >= 0.3 is 0 Å². The molecule has 0 atom stereocenters. The number of nitrogens with zero attached hydrogens (tertiary/aromatic N) is 3. The van der Waals surface area contributed by atoms with Crippen LogP contribution in [0.25, 0.3) is 0 Å². The number of hydrogen-bond donors (Lipinski definition) is 0. The molecule has 148 valence electrons. The second-order valence-electron chi connectivity index (χ2n) is 6.66. The maximum absolute atomic E-state index is 13.6. The fourth-order valence-electron chi connectivity index (χ4n) is 3.05. The van der Waals surface area contributed by atoms with Gasteiger partial charge in [-0.3, -0.25) is 9.48 Å². The summed E-state index contributed by atoms with van der Waals surface area (Å²) in [6.07, 6.45) is 0. The van der Waals surface area contributed by atoms with Crippen molar-refractivity contribution in [2.24, 2.45) is 0 Å². The molecule has 5 nitrogen and oxygen atoms in total. The minimum Gasteiger partial charge on any atom is -0.486 e. The number of aromatic nitrogens is 2. The minimum absolute atomic E-state index is 0.0507. The van der Waals surface area contributed by atoms with Crippen molar-refractivity contribution in [3.05, 3.63) is 68.9 Å². The van der Waals surface area contributed by atoms with Gasteiger partial charge in [0.05, 0.1) is 10.6 Å². The Morgan fingerprint density at radius 1 is 1.32 bits per heavy atom. The van der Waals surface area contributed by atoms with Gasteiger partial charge in [-0.15, -0.1) is 11.3 Å². The Kier molecular flexibility index (Phi) is 6.14. The van der Waals surface area contributed by atoms with E-state index in [9.17, 15) is 9.18 Å². The van der Waals surface area contributed by atoms with Crippen molar-refractivity contribution in [1.82, 2.24) is 14.7 Å². The van der Waals surface area contributed by atoms with Gasteiger partial charge in [0.25, 0.3) is 5.91 Å². The molecule has 1 aromatic carbocycles. The van der Waals surface area contributed by atoms with E-state index in [1.54, 1.807) is 36.2 Å². The lowest BCUT2D eigenvalue weighted by Gasteiger charge is -2.16. The summed E-state index contributed by atoms with van der Waals surface area (Å²) in [4.78, 5) is 15.1.